The van der Waals surface area contributed by atoms with Gasteiger partial charge in [-0.05, 0) is 48.0 Å². The molecule has 0 amide bonds. The van der Waals surface area contributed by atoms with Gasteiger partial charge < -0.3 is 19.3 Å². The zero-order chi connectivity index (χ0) is 26.1. The lowest BCUT2D eigenvalue weighted by Gasteiger charge is -2.21. The molecule has 2 heterocycles. The summed E-state index contributed by atoms with van der Waals surface area (Å²) in [6, 6.07) is 19.8. The van der Waals surface area contributed by atoms with Crippen LogP contribution in [0.1, 0.15) is 26.9 Å². The first-order valence-electron chi connectivity index (χ1n) is 11.2. The van der Waals surface area contributed by atoms with Crippen LogP contribution in [0.3, 0.4) is 0 Å². The molecule has 0 spiro atoms. The van der Waals surface area contributed by atoms with Crippen molar-refractivity contribution in [2.75, 3.05) is 6.61 Å². The van der Waals surface area contributed by atoms with Gasteiger partial charge in [0.15, 0.2) is 12.3 Å². The zero-order valence-corrected chi connectivity index (χ0v) is 21.2. The fourth-order valence-electron chi connectivity index (χ4n) is 4.10. The van der Waals surface area contributed by atoms with Crippen LogP contribution in [0.5, 0.6) is 0 Å². The van der Waals surface area contributed by atoms with Crippen molar-refractivity contribution in [1.82, 2.24) is 9.55 Å². The second-order valence-corrected chi connectivity index (χ2v) is 9.41. The molecule has 1 N–H and O–H groups in total. The van der Waals surface area contributed by atoms with E-state index >= 15 is 0 Å². The maximum absolute atomic E-state index is 12.8. The molecule has 1 aliphatic heterocycles. The van der Waals surface area contributed by atoms with E-state index < -0.39 is 36.5 Å². The van der Waals surface area contributed by atoms with Gasteiger partial charge in [0.05, 0.1) is 32.2 Å². The third-order valence-corrected chi connectivity index (χ3v) is 6.88. The van der Waals surface area contributed by atoms with Crippen LogP contribution in [0.2, 0.25) is 15.3 Å². The van der Waals surface area contributed by atoms with Gasteiger partial charge in [0, 0.05) is 0 Å². The molecule has 4 atom stereocenters. The van der Waals surface area contributed by atoms with Gasteiger partial charge in [-0.25, -0.2) is 14.6 Å². The van der Waals surface area contributed by atoms with Gasteiger partial charge in [-0.15, -0.1) is 0 Å². The van der Waals surface area contributed by atoms with Gasteiger partial charge in [-0.2, -0.15) is 0 Å². The first-order valence-corrected chi connectivity index (χ1v) is 12.3. The normalized spacial score (nSPS) is 21.2. The van der Waals surface area contributed by atoms with Gasteiger partial charge >= 0.3 is 11.9 Å². The topological polar surface area (TPSA) is 99.9 Å². The standard InChI is InChI=1S/C26H19Cl3N2O6/c27-16-11-18-19(12-17(16)28)31(26(29)30-18)23-21(32)22(37-25(34)15-9-5-2-6-10-15)20(36-23)13-35-24(33)14-7-3-1-4-8-14/h1-12,20-23,32H,13H2/t20-,21-,22+,23-/m0/s1. The summed E-state index contributed by atoms with van der Waals surface area (Å²) in [5.74, 6) is -1.27. The second kappa shape index (κ2) is 10.7. The van der Waals surface area contributed by atoms with Crippen LogP contribution in [0, 0.1) is 0 Å². The fraction of sp³-hybridized carbons (Fsp3) is 0.192. The first kappa shape index (κ1) is 25.5. The number of fused-ring (bicyclic) bond motifs is 1. The van der Waals surface area contributed by atoms with Gasteiger partial charge in [0.1, 0.15) is 18.8 Å². The van der Waals surface area contributed by atoms with Gasteiger partial charge in [0.25, 0.3) is 0 Å². The molecule has 1 aliphatic rings. The molecule has 0 saturated carbocycles. The molecule has 0 bridgehead atoms. The minimum atomic E-state index is -1.39. The summed E-state index contributed by atoms with van der Waals surface area (Å²) in [7, 11) is 0. The molecule has 11 heteroatoms. The number of ether oxygens (including phenoxy) is 3. The van der Waals surface area contributed by atoms with E-state index in [0.717, 1.165) is 0 Å². The number of aliphatic hydroxyl groups excluding tert-OH is 1. The molecule has 190 valence electrons. The highest BCUT2D eigenvalue weighted by atomic mass is 35.5. The van der Waals surface area contributed by atoms with Crippen LogP contribution >= 0.6 is 34.8 Å². The number of esters is 2. The average Bonchev–Trinajstić information content (AvgIpc) is 3.38. The Morgan fingerprint density at radius 3 is 2.16 bits per heavy atom. The van der Waals surface area contributed by atoms with E-state index in [2.05, 4.69) is 4.98 Å². The Kier molecular flexibility index (Phi) is 7.37. The van der Waals surface area contributed by atoms with Crippen LogP contribution in [-0.2, 0) is 14.2 Å². The Labute approximate surface area is 226 Å². The molecule has 3 aromatic carbocycles. The molecule has 1 fully saturated rings. The molecule has 4 aromatic rings. The second-order valence-electron chi connectivity index (χ2n) is 8.26. The van der Waals surface area contributed by atoms with Crippen molar-refractivity contribution in [2.45, 2.75) is 24.5 Å². The summed E-state index contributed by atoms with van der Waals surface area (Å²) in [6.07, 6.45) is -4.74. The van der Waals surface area contributed by atoms with Crippen LogP contribution in [0.4, 0.5) is 0 Å². The number of rotatable bonds is 6. The summed E-state index contributed by atoms with van der Waals surface area (Å²) in [4.78, 5) is 29.6. The van der Waals surface area contributed by atoms with E-state index in [1.807, 2.05) is 0 Å². The molecule has 1 aromatic heterocycles. The number of hydrogen-bond acceptors (Lipinski definition) is 7. The molecule has 37 heavy (non-hydrogen) atoms. The summed E-state index contributed by atoms with van der Waals surface area (Å²) in [5, 5.41) is 11.8. The van der Waals surface area contributed by atoms with Gasteiger partial charge in [-0.1, -0.05) is 59.6 Å². The number of halogens is 3. The number of imidazole rings is 1. The highest BCUT2D eigenvalue weighted by Gasteiger charge is 2.49. The predicted molar refractivity (Wildman–Crippen MR) is 137 cm³/mol. The van der Waals surface area contributed by atoms with Crippen LogP contribution < -0.4 is 0 Å². The van der Waals surface area contributed by atoms with Crippen molar-refractivity contribution in [3.8, 4) is 0 Å². The number of aliphatic hydroxyl groups is 1. The van der Waals surface area contributed by atoms with Crippen molar-refractivity contribution in [3.63, 3.8) is 0 Å². The van der Waals surface area contributed by atoms with Crippen LogP contribution in [0.25, 0.3) is 11.0 Å². The lowest BCUT2D eigenvalue weighted by molar-refractivity contribution is -0.0582. The number of hydrogen-bond donors (Lipinski definition) is 1. The Balaban J connectivity index is 1.45. The van der Waals surface area contributed by atoms with Crippen LogP contribution in [0.15, 0.2) is 72.8 Å². The van der Waals surface area contributed by atoms with Gasteiger partial charge in [-0.3, -0.25) is 4.57 Å². The Bertz CT molecular complexity index is 1450. The summed E-state index contributed by atoms with van der Waals surface area (Å²) < 4.78 is 18.6. The zero-order valence-electron chi connectivity index (χ0n) is 19.0. The van der Waals surface area contributed by atoms with E-state index in [-0.39, 0.29) is 27.5 Å². The molecule has 8 nitrogen and oxygen atoms in total. The third-order valence-electron chi connectivity index (χ3n) is 5.89. The molecule has 5 rings (SSSR count). The quantitative estimate of drug-likeness (QED) is 0.317. The van der Waals surface area contributed by atoms with E-state index in [1.54, 1.807) is 66.7 Å². The highest BCUT2D eigenvalue weighted by Crippen LogP contribution is 2.38. The minimum Gasteiger partial charge on any atom is -0.459 e. The Morgan fingerprint density at radius 1 is 0.919 bits per heavy atom. The Morgan fingerprint density at radius 2 is 1.51 bits per heavy atom. The minimum absolute atomic E-state index is 0.00699. The fourth-order valence-corrected chi connectivity index (χ4v) is 4.69. The average molecular weight is 562 g/mol. The maximum atomic E-state index is 12.8. The van der Waals surface area contributed by atoms with Gasteiger partial charge in [0.2, 0.25) is 5.28 Å². The summed E-state index contributed by atoms with van der Waals surface area (Å²) in [5.41, 5.74) is 1.49. The largest absolute Gasteiger partial charge is 0.459 e. The number of carbonyl (C=O) groups is 2. The molecular formula is C26H19Cl3N2O6. The predicted octanol–water partition coefficient (Wildman–Crippen LogP) is 5.34. The SMILES string of the molecule is O=C(OC[C@@H]1O[C@H](n2c(Cl)nc3cc(Cl)c(Cl)cc32)[C@@H](O)[C@@H]1OC(=O)c1ccccc1)c1ccccc1. The van der Waals surface area contributed by atoms with Crippen molar-refractivity contribution < 1.29 is 28.9 Å². The van der Waals surface area contributed by atoms with Crippen molar-refractivity contribution in [3.05, 3.63) is 99.3 Å². The molecule has 0 aliphatic carbocycles. The van der Waals surface area contributed by atoms with Crippen molar-refractivity contribution >= 4 is 57.8 Å². The summed E-state index contributed by atoms with van der Waals surface area (Å²) >= 11 is 18.7. The monoisotopic (exact) mass is 560 g/mol. The lowest BCUT2D eigenvalue weighted by Crippen LogP contribution is -2.38. The van der Waals surface area contributed by atoms with E-state index in [9.17, 15) is 14.7 Å². The third kappa shape index (κ3) is 5.16. The first-order chi connectivity index (χ1) is 17.8. The smallest absolute Gasteiger partial charge is 0.338 e. The molecule has 1 saturated heterocycles. The summed E-state index contributed by atoms with van der Waals surface area (Å²) in [6.45, 7) is -0.301. The Hall–Kier alpha value is -3.14. The van der Waals surface area contributed by atoms with Crippen molar-refractivity contribution in [1.29, 1.82) is 0 Å². The van der Waals surface area contributed by atoms with E-state index in [0.29, 0.717) is 16.6 Å². The highest BCUT2D eigenvalue weighted by molar-refractivity contribution is 6.42. The number of aromatic nitrogens is 2. The van der Waals surface area contributed by atoms with Crippen molar-refractivity contribution in [2.24, 2.45) is 0 Å². The number of carbonyl (C=O) groups excluding carboxylic acids is 2. The van der Waals surface area contributed by atoms with Crippen LogP contribution in [-0.4, -0.2) is 51.5 Å². The molecule has 0 unspecified atom stereocenters. The number of nitrogens with zero attached hydrogens (tertiary/aromatic N) is 2. The maximum Gasteiger partial charge on any atom is 0.338 e. The molecule has 0 radical (unpaired) electrons. The van der Waals surface area contributed by atoms with E-state index in [4.69, 9.17) is 49.0 Å². The lowest BCUT2D eigenvalue weighted by atomic mass is 10.1. The number of benzene rings is 3. The van der Waals surface area contributed by atoms with E-state index in [1.165, 1.54) is 10.6 Å². The molecular weight excluding hydrogens is 543 g/mol.